The molecule has 5 nitrogen and oxygen atoms in total. The number of carboxylic acids is 1. The van der Waals surface area contributed by atoms with Gasteiger partial charge in [0, 0.05) is 20.1 Å². The first kappa shape index (κ1) is 27.0. The molecular weight excluding hydrogens is 480 g/mol. The number of methoxy groups -OCH3 is 1. The van der Waals surface area contributed by atoms with E-state index in [2.05, 4.69) is 45.0 Å². The highest BCUT2D eigenvalue weighted by Gasteiger charge is 2.50. The average molecular weight is 513 g/mol. The van der Waals surface area contributed by atoms with Crippen LogP contribution in [0.4, 0.5) is 0 Å². The molecule has 0 aliphatic heterocycles. The van der Waals surface area contributed by atoms with Crippen molar-refractivity contribution in [3.8, 4) is 5.75 Å². The van der Waals surface area contributed by atoms with E-state index in [4.69, 9.17) is 25.5 Å². The van der Waals surface area contributed by atoms with Gasteiger partial charge >= 0.3 is 5.97 Å². The zero-order valence-electron chi connectivity index (χ0n) is 20.7. The van der Waals surface area contributed by atoms with E-state index in [1.54, 1.807) is 13.2 Å². The first-order valence-electron chi connectivity index (χ1n) is 11.6. The highest BCUT2D eigenvalue weighted by atomic mass is 35.5. The molecule has 0 bridgehead atoms. The van der Waals surface area contributed by atoms with Gasteiger partial charge in [0.15, 0.2) is 0 Å². The van der Waals surface area contributed by atoms with E-state index in [0.29, 0.717) is 30.9 Å². The first-order valence-corrected chi connectivity index (χ1v) is 13.9. The van der Waals surface area contributed by atoms with Gasteiger partial charge in [0.1, 0.15) is 5.75 Å². The van der Waals surface area contributed by atoms with E-state index in [-0.39, 0.29) is 22.2 Å². The van der Waals surface area contributed by atoms with Crippen LogP contribution >= 0.6 is 11.6 Å². The molecule has 0 spiro atoms. The fourth-order valence-electron chi connectivity index (χ4n) is 4.36. The molecule has 0 saturated carbocycles. The van der Waals surface area contributed by atoms with Crippen LogP contribution < -0.4 is 15.1 Å². The van der Waals surface area contributed by atoms with Crippen LogP contribution in [-0.2, 0) is 15.8 Å². The monoisotopic (exact) mass is 512 g/mol. The lowest BCUT2D eigenvalue weighted by Crippen LogP contribution is -2.66. The highest BCUT2D eigenvalue weighted by molar-refractivity contribution is 6.99. The minimum absolute atomic E-state index is 0.108. The molecule has 0 radical (unpaired) electrons. The van der Waals surface area contributed by atoms with Crippen LogP contribution in [0.1, 0.15) is 43.1 Å². The standard InChI is InChI=1S/C28H33ClO5Si/c1-28(2,3)35(22-12-7-5-8-13-22,23-14-9-6-10-15-23)34-20-21-18-26(33-17-11-16-32-4)25(29)19-24(21)27(30)31/h5-10,12-15,18-19H,11,16-17,20H2,1-4H3,(H,30,31). The quantitative estimate of drug-likeness (QED) is 0.270. The van der Waals surface area contributed by atoms with Gasteiger partial charge in [-0.25, -0.2) is 4.79 Å². The maximum absolute atomic E-state index is 12.1. The van der Waals surface area contributed by atoms with Gasteiger partial charge in [-0.05, 0) is 33.1 Å². The zero-order valence-corrected chi connectivity index (χ0v) is 22.5. The number of rotatable bonds is 11. The molecule has 0 heterocycles. The molecule has 7 heteroatoms. The van der Waals surface area contributed by atoms with Crippen molar-refractivity contribution >= 4 is 36.3 Å². The van der Waals surface area contributed by atoms with Crippen LogP contribution in [0, 0.1) is 0 Å². The lowest BCUT2D eigenvalue weighted by Gasteiger charge is -2.43. The largest absolute Gasteiger partial charge is 0.492 e. The highest BCUT2D eigenvalue weighted by Crippen LogP contribution is 2.38. The maximum Gasteiger partial charge on any atom is 0.336 e. The third kappa shape index (κ3) is 6.14. The molecule has 3 aromatic carbocycles. The number of carboxylic acid groups (broad SMARTS) is 1. The molecule has 0 unspecified atom stereocenters. The Morgan fingerprint density at radius 3 is 2.00 bits per heavy atom. The topological polar surface area (TPSA) is 65.0 Å². The smallest absolute Gasteiger partial charge is 0.336 e. The van der Waals surface area contributed by atoms with Crippen LogP contribution in [-0.4, -0.2) is 39.7 Å². The summed E-state index contributed by atoms with van der Waals surface area (Å²) in [6.45, 7) is 7.64. The molecule has 0 atom stereocenters. The average Bonchev–Trinajstić information content (AvgIpc) is 2.84. The predicted octanol–water partition coefficient (Wildman–Crippen LogP) is 5.53. The number of aromatic carboxylic acids is 1. The van der Waals surface area contributed by atoms with Crippen molar-refractivity contribution in [1.82, 2.24) is 0 Å². The Balaban J connectivity index is 2.06. The second kappa shape index (κ2) is 11.9. The van der Waals surface area contributed by atoms with E-state index in [9.17, 15) is 9.90 Å². The molecule has 186 valence electrons. The van der Waals surface area contributed by atoms with Gasteiger partial charge < -0.3 is 19.0 Å². The number of hydrogen-bond acceptors (Lipinski definition) is 4. The summed E-state index contributed by atoms with van der Waals surface area (Å²) in [7, 11) is -1.21. The lowest BCUT2D eigenvalue weighted by molar-refractivity contribution is 0.0693. The van der Waals surface area contributed by atoms with E-state index in [1.165, 1.54) is 6.07 Å². The van der Waals surface area contributed by atoms with Crippen LogP contribution in [0.25, 0.3) is 0 Å². The Kier molecular flexibility index (Phi) is 9.13. The molecule has 0 aromatic heterocycles. The Morgan fingerprint density at radius 1 is 0.943 bits per heavy atom. The van der Waals surface area contributed by atoms with Crippen molar-refractivity contribution in [2.75, 3.05) is 20.3 Å². The molecule has 0 amide bonds. The molecular formula is C28H33ClO5Si. The summed E-state index contributed by atoms with van der Waals surface area (Å²) in [5.74, 6) is -0.618. The Morgan fingerprint density at radius 2 is 1.51 bits per heavy atom. The number of halogens is 1. The lowest BCUT2D eigenvalue weighted by atomic mass is 10.1. The van der Waals surface area contributed by atoms with Gasteiger partial charge in [0.05, 0.1) is 23.8 Å². The Hall–Kier alpha value is -2.64. The number of ether oxygens (including phenoxy) is 2. The van der Waals surface area contributed by atoms with E-state index >= 15 is 0 Å². The Bertz CT molecular complexity index is 1070. The van der Waals surface area contributed by atoms with E-state index < -0.39 is 14.3 Å². The van der Waals surface area contributed by atoms with Gasteiger partial charge in [-0.2, -0.15) is 0 Å². The van der Waals surface area contributed by atoms with E-state index in [0.717, 1.165) is 10.4 Å². The van der Waals surface area contributed by atoms with Crippen LogP contribution in [0.3, 0.4) is 0 Å². The molecule has 0 fully saturated rings. The Labute approximate surface area is 213 Å². The van der Waals surface area contributed by atoms with Gasteiger partial charge in [0.25, 0.3) is 8.32 Å². The van der Waals surface area contributed by atoms with Crippen LogP contribution in [0.15, 0.2) is 72.8 Å². The van der Waals surface area contributed by atoms with Gasteiger partial charge in [-0.1, -0.05) is 93.0 Å². The number of benzene rings is 3. The fraction of sp³-hybridized carbons (Fsp3) is 0.321. The third-order valence-corrected chi connectivity index (χ3v) is 11.3. The van der Waals surface area contributed by atoms with Crippen LogP contribution in [0.5, 0.6) is 5.75 Å². The third-order valence-electron chi connectivity index (χ3n) is 6.00. The second-order valence-electron chi connectivity index (χ2n) is 9.39. The van der Waals surface area contributed by atoms with Crippen molar-refractivity contribution in [3.05, 3.63) is 88.9 Å². The molecule has 0 aliphatic rings. The van der Waals surface area contributed by atoms with Gasteiger partial charge in [-0.15, -0.1) is 0 Å². The number of carbonyl (C=O) groups is 1. The maximum atomic E-state index is 12.1. The molecule has 0 saturated heterocycles. The minimum atomic E-state index is -2.84. The van der Waals surface area contributed by atoms with Crippen molar-refractivity contribution in [1.29, 1.82) is 0 Å². The number of hydrogen-bond donors (Lipinski definition) is 1. The minimum Gasteiger partial charge on any atom is -0.492 e. The molecule has 1 N–H and O–H groups in total. The van der Waals surface area contributed by atoms with Crippen molar-refractivity contribution in [2.24, 2.45) is 0 Å². The summed E-state index contributed by atoms with van der Waals surface area (Å²) >= 11 is 6.36. The van der Waals surface area contributed by atoms with E-state index in [1.807, 2.05) is 36.4 Å². The second-order valence-corrected chi connectivity index (χ2v) is 14.1. The summed E-state index contributed by atoms with van der Waals surface area (Å²) in [5, 5.41) is 12.2. The SMILES string of the molecule is COCCCOc1cc(CO[Si](c2ccccc2)(c2ccccc2)C(C)(C)C)c(C(=O)O)cc1Cl. The molecule has 3 aromatic rings. The van der Waals surface area contributed by atoms with Gasteiger partial charge in [0.2, 0.25) is 0 Å². The van der Waals surface area contributed by atoms with Gasteiger partial charge in [-0.3, -0.25) is 0 Å². The summed E-state index contributed by atoms with van der Waals surface area (Å²) in [5.41, 5.74) is 0.633. The summed E-state index contributed by atoms with van der Waals surface area (Å²) in [6, 6.07) is 23.6. The predicted molar refractivity (Wildman–Crippen MR) is 143 cm³/mol. The fourth-order valence-corrected chi connectivity index (χ4v) is 9.10. The van der Waals surface area contributed by atoms with Crippen molar-refractivity contribution < 1.29 is 23.8 Å². The summed E-state index contributed by atoms with van der Waals surface area (Å²) in [6.07, 6.45) is 0.696. The first-order chi connectivity index (χ1) is 16.7. The van der Waals surface area contributed by atoms with Crippen LogP contribution in [0.2, 0.25) is 10.1 Å². The van der Waals surface area contributed by atoms with Crippen molar-refractivity contribution in [2.45, 2.75) is 38.8 Å². The molecule has 3 rings (SSSR count). The van der Waals surface area contributed by atoms with Crippen molar-refractivity contribution in [3.63, 3.8) is 0 Å². The normalized spacial score (nSPS) is 11.9. The molecule has 35 heavy (non-hydrogen) atoms. The summed E-state index contributed by atoms with van der Waals surface area (Å²) in [4.78, 5) is 12.1. The zero-order chi connectivity index (χ0) is 25.5. The summed E-state index contributed by atoms with van der Waals surface area (Å²) < 4.78 is 17.8. The molecule has 0 aliphatic carbocycles.